The third-order valence-corrected chi connectivity index (χ3v) is 4.95. The Kier molecular flexibility index (Phi) is 5.94. The van der Waals surface area contributed by atoms with Crippen LogP contribution in [0.3, 0.4) is 0 Å². The van der Waals surface area contributed by atoms with Crippen LogP contribution in [0.1, 0.15) is 31.0 Å². The highest BCUT2D eigenvalue weighted by Gasteiger charge is 2.16. The van der Waals surface area contributed by atoms with Crippen molar-refractivity contribution in [1.82, 2.24) is 9.38 Å². The second-order valence-electron chi connectivity index (χ2n) is 6.39. The Labute approximate surface area is 164 Å². The van der Waals surface area contributed by atoms with Crippen molar-refractivity contribution in [2.75, 3.05) is 18.5 Å². The number of aromatic nitrogens is 2. The Morgan fingerprint density at radius 1 is 1.23 bits per heavy atom. The molecule has 0 aliphatic rings. The molecule has 4 nitrogen and oxygen atoms in total. The standard InChI is InChI=1S/C20H23Cl2N3O/c1-4-5-10-24(3)20-14(2)23-19-18(7-6-11-25(19)20)26-13-15-8-9-16(21)12-17(15)22/h6-9,11-12H,4-5,10,13H2,1-3H3. The van der Waals surface area contributed by atoms with Gasteiger partial charge in [0.1, 0.15) is 12.4 Å². The van der Waals surface area contributed by atoms with E-state index in [2.05, 4.69) is 23.3 Å². The summed E-state index contributed by atoms with van der Waals surface area (Å²) in [7, 11) is 2.10. The SMILES string of the molecule is CCCCN(C)c1c(C)nc2c(OCc3ccc(Cl)cc3Cl)cccn12. The van der Waals surface area contributed by atoms with Crippen LogP contribution in [-0.4, -0.2) is 23.0 Å². The molecule has 0 spiro atoms. The van der Waals surface area contributed by atoms with Crippen molar-refractivity contribution in [3.05, 3.63) is 57.8 Å². The molecule has 2 heterocycles. The van der Waals surface area contributed by atoms with E-state index >= 15 is 0 Å². The lowest BCUT2D eigenvalue weighted by molar-refractivity contribution is 0.308. The largest absolute Gasteiger partial charge is 0.485 e. The molecule has 0 atom stereocenters. The summed E-state index contributed by atoms with van der Waals surface area (Å²) in [5.41, 5.74) is 2.69. The number of hydrogen-bond donors (Lipinski definition) is 0. The molecule has 0 aliphatic carbocycles. The van der Waals surface area contributed by atoms with Crippen molar-refractivity contribution in [2.24, 2.45) is 0 Å². The summed E-state index contributed by atoms with van der Waals surface area (Å²) in [6, 6.07) is 9.33. The Hall–Kier alpha value is -1.91. The van der Waals surface area contributed by atoms with Crippen LogP contribution in [0.4, 0.5) is 5.82 Å². The van der Waals surface area contributed by atoms with Gasteiger partial charge in [0.05, 0.1) is 5.69 Å². The minimum atomic E-state index is 0.364. The predicted octanol–water partition coefficient (Wildman–Crippen LogP) is 5.76. The van der Waals surface area contributed by atoms with E-state index in [-0.39, 0.29) is 0 Å². The first-order valence-corrected chi connectivity index (χ1v) is 9.52. The number of benzene rings is 1. The molecule has 6 heteroatoms. The second kappa shape index (κ2) is 8.19. The maximum Gasteiger partial charge on any atom is 0.181 e. The van der Waals surface area contributed by atoms with Crippen LogP contribution < -0.4 is 9.64 Å². The number of rotatable bonds is 7. The van der Waals surface area contributed by atoms with Crippen LogP contribution >= 0.6 is 23.2 Å². The van der Waals surface area contributed by atoms with E-state index in [0.29, 0.717) is 16.7 Å². The van der Waals surface area contributed by atoms with Gasteiger partial charge in [-0.1, -0.05) is 42.6 Å². The summed E-state index contributed by atoms with van der Waals surface area (Å²) in [5, 5.41) is 1.22. The fraction of sp³-hybridized carbons (Fsp3) is 0.350. The average Bonchev–Trinajstić information content (AvgIpc) is 2.95. The Morgan fingerprint density at radius 3 is 2.77 bits per heavy atom. The zero-order valence-electron chi connectivity index (χ0n) is 15.3. The molecule has 3 aromatic rings. The van der Waals surface area contributed by atoms with E-state index in [1.165, 1.54) is 0 Å². The maximum absolute atomic E-state index is 6.24. The van der Waals surface area contributed by atoms with Crippen molar-refractivity contribution >= 4 is 34.7 Å². The first-order chi connectivity index (χ1) is 12.5. The van der Waals surface area contributed by atoms with E-state index in [1.807, 2.05) is 37.4 Å². The molecule has 138 valence electrons. The summed E-state index contributed by atoms with van der Waals surface area (Å²) in [5.74, 6) is 1.83. The molecule has 1 aromatic carbocycles. The van der Waals surface area contributed by atoms with E-state index in [4.69, 9.17) is 32.9 Å². The minimum Gasteiger partial charge on any atom is -0.485 e. The van der Waals surface area contributed by atoms with Gasteiger partial charge in [0.2, 0.25) is 0 Å². The summed E-state index contributed by atoms with van der Waals surface area (Å²) in [6.07, 6.45) is 4.33. The number of fused-ring (bicyclic) bond motifs is 1. The normalized spacial score (nSPS) is 11.1. The van der Waals surface area contributed by atoms with Gasteiger partial charge in [0, 0.05) is 35.4 Å². The van der Waals surface area contributed by atoms with Crippen LogP contribution in [0.5, 0.6) is 5.75 Å². The molecular weight excluding hydrogens is 369 g/mol. The van der Waals surface area contributed by atoms with Crippen LogP contribution in [0, 0.1) is 6.92 Å². The van der Waals surface area contributed by atoms with Gasteiger partial charge in [-0.3, -0.25) is 4.40 Å². The smallest absolute Gasteiger partial charge is 0.181 e. The number of ether oxygens (including phenoxy) is 1. The molecule has 0 N–H and O–H groups in total. The summed E-state index contributed by atoms with van der Waals surface area (Å²) >= 11 is 12.2. The van der Waals surface area contributed by atoms with Crippen molar-refractivity contribution in [2.45, 2.75) is 33.3 Å². The topological polar surface area (TPSA) is 29.8 Å². The zero-order chi connectivity index (χ0) is 18.7. The van der Waals surface area contributed by atoms with Gasteiger partial charge >= 0.3 is 0 Å². The number of aryl methyl sites for hydroxylation is 1. The molecule has 0 bridgehead atoms. The van der Waals surface area contributed by atoms with E-state index in [0.717, 1.165) is 47.9 Å². The van der Waals surface area contributed by atoms with Crippen LogP contribution in [-0.2, 0) is 6.61 Å². The third-order valence-electron chi connectivity index (χ3n) is 4.36. The molecule has 0 fully saturated rings. The summed E-state index contributed by atoms with van der Waals surface area (Å²) < 4.78 is 8.11. The Balaban J connectivity index is 1.88. The lowest BCUT2D eigenvalue weighted by Gasteiger charge is -2.19. The molecule has 3 rings (SSSR count). The van der Waals surface area contributed by atoms with E-state index in [9.17, 15) is 0 Å². The molecule has 0 aliphatic heterocycles. The molecule has 0 unspecified atom stereocenters. The van der Waals surface area contributed by atoms with Crippen molar-refractivity contribution < 1.29 is 4.74 Å². The van der Waals surface area contributed by atoms with Crippen molar-refractivity contribution in [1.29, 1.82) is 0 Å². The molecule has 0 saturated heterocycles. The van der Waals surface area contributed by atoms with Gasteiger partial charge in [0.25, 0.3) is 0 Å². The molecule has 0 amide bonds. The summed E-state index contributed by atoms with van der Waals surface area (Å²) in [6.45, 7) is 5.59. The first kappa shape index (κ1) is 18.9. The van der Waals surface area contributed by atoms with Crippen molar-refractivity contribution in [3.63, 3.8) is 0 Å². The van der Waals surface area contributed by atoms with Gasteiger partial charge in [-0.05, 0) is 37.6 Å². The van der Waals surface area contributed by atoms with Crippen LogP contribution in [0.2, 0.25) is 10.0 Å². The minimum absolute atomic E-state index is 0.364. The van der Waals surface area contributed by atoms with Crippen molar-refractivity contribution in [3.8, 4) is 5.75 Å². The van der Waals surface area contributed by atoms with Gasteiger partial charge < -0.3 is 9.64 Å². The lowest BCUT2D eigenvalue weighted by atomic mass is 10.2. The van der Waals surface area contributed by atoms with Gasteiger partial charge in [0.15, 0.2) is 11.4 Å². The van der Waals surface area contributed by atoms with E-state index in [1.54, 1.807) is 6.07 Å². The highest BCUT2D eigenvalue weighted by atomic mass is 35.5. The fourth-order valence-corrected chi connectivity index (χ4v) is 3.47. The number of nitrogens with zero attached hydrogens (tertiary/aromatic N) is 3. The molecule has 2 aromatic heterocycles. The fourth-order valence-electron chi connectivity index (χ4n) is 3.01. The number of imidazole rings is 1. The number of halogens is 2. The number of hydrogen-bond acceptors (Lipinski definition) is 3. The molecule has 0 saturated carbocycles. The van der Waals surface area contributed by atoms with Gasteiger partial charge in [-0.15, -0.1) is 0 Å². The highest BCUT2D eigenvalue weighted by molar-refractivity contribution is 6.35. The number of anilines is 1. The van der Waals surface area contributed by atoms with Gasteiger partial charge in [-0.2, -0.15) is 0 Å². The quantitative estimate of drug-likeness (QED) is 0.512. The van der Waals surface area contributed by atoms with Crippen LogP contribution in [0.15, 0.2) is 36.5 Å². The van der Waals surface area contributed by atoms with Gasteiger partial charge in [-0.25, -0.2) is 4.98 Å². The van der Waals surface area contributed by atoms with Crippen LogP contribution in [0.25, 0.3) is 5.65 Å². The van der Waals surface area contributed by atoms with E-state index < -0.39 is 0 Å². The monoisotopic (exact) mass is 391 g/mol. The molecular formula is C20H23Cl2N3O. The number of pyridine rings is 1. The molecule has 0 radical (unpaired) electrons. The molecule has 26 heavy (non-hydrogen) atoms. The second-order valence-corrected chi connectivity index (χ2v) is 7.23. The first-order valence-electron chi connectivity index (χ1n) is 8.76. The highest BCUT2D eigenvalue weighted by Crippen LogP contribution is 2.29. The maximum atomic E-state index is 6.24. The Bertz CT molecular complexity index is 907. The summed E-state index contributed by atoms with van der Waals surface area (Å²) in [4.78, 5) is 6.98. The zero-order valence-corrected chi connectivity index (χ0v) is 16.8. The lowest BCUT2D eigenvalue weighted by Crippen LogP contribution is -2.20. The predicted molar refractivity (Wildman–Crippen MR) is 109 cm³/mol. The average molecular weight is 392 g/mol. The third kappa shape index (κ3) is 3.92. The number of unbranched alkanes of at least 4 members (excludes halogenated alkanes) is 1. The Morgan fingerprint density at radius 2 is 2.04 bits per heavy atom.